The van der Waals surface area contributed by atoms with Crippen molar-refractivity contribution in [2.24, 2.45) is 0 Å². The smallest absolute Gasteiger partial charge is 0.261 e. The molecule has 2 fully saturated rings. The highest BCUT2D eigenvalue weighted by Crippen LogP contribution is 2.45. The molecule has 3 aliphatic heterocycles. The van der Waals surface area contributed by atoms with Crippen molar-refractivity contribution < 1.29 is 14.3 Å². The monoisotopic (exact) mass is 434 g/mol. The van der Waals surface area contributed by atoms with Crippen LogP contribution in [0.1, 0.15) is 22.3 Å². The number of morpholine rings is 1. The summed E-state index contributed by atoms with van der Waals surface area (Å²) in [7, 11) is 2.14. The van der Waals surface area contributed by atoms with E-state index in [0.717, 1.165) is 61.7 Å². The molecule has 2 aromatic heterocycles. The Kier molecular flexibility index (Phi) is 4.55. The van der Waals surface area contributed by atoms with E-state index in [2.05, 4.69) is 44.4 Å². The molecule has 0 aliphatic carbocycles. The zero-order chi connectivity index (χ0) is 21.7. The number of nitrogens with zero attached hydrogens (tertiary/aromatic N) is 5. The summed E-state index contributed by atoms with van der Waals surface area (Å²) in [5.41, 5.74) is 3.73. The lowest BCUT2D eigenvalue weighted by molar-refractivity contribution is 0.102. The summed E-state index contributed by atoms with van der Waals surface area (Å²) >= 11 is 0. The fourth-order valence-electron chi connectivity index (χ4n) is 5.08. The van der Waals surface area contributed by atoms with Gasteiger partial charge in [0.1, 0.15) is 16.9 Å². The van der Waals surface area contributed by atoms with Crippen molar-refractivity contribution in [3.63, 3.8) is 0 Å². The van der Waals surface area contributed by atoms with E-state index in [1.54, 1.807) is 29.2 Å². The van der Waals surface area contributed by atoms with Crippen LogP contribution < -0.4 is 15.0 Å². The van der Waals surface area contributed by atoms with Gasteiger partial charge in [-0.2, -0.15) is 5.10 Å². The fraction of sp³-hybridized carbons (Fsp3) is 0.435. The van der Waals surface area contributed by atoms with Gasteiger partial charge in [0.2, 0.25) is 0 Å². The summed E-state index contributed by atoms with van der Waals surface area (Å²) in [5, 5.41) is 7.39. The number of likely N-dealkylation sites (tertiary alicyclic amines) is 1. The van der Waals surface area contributed by atoms with Crippen LogP contribution in [0.4, 0.5) is 11.4 Å². The zero-order valence-electron chi connectivity index (χ0n) is 18.1. The molecule has 1 amide bonds. The third-order valence-electron chi connectivity index (χ3n) is 6.65. The maximum absolute atomic E-state index is 13.2. The Labute approximate surface area is 185 Å². The van der Waals surface area contributed by atoms with Gasteiger partial charge in [-0.15, -0.1) is 0 Å². The van der Waals surface area contributed by atoms with Crippen LogP contribution in [0.5, 0.6) is 5.75 Å². The van der Waals surface area contributed by atoms with E-state index in [1.165, 1.54) is 0 Å². The van der Waals surface area contributed by atoms with Gasteiger partial charge in [0.15, 0.2) is 5.65 Å². The van der Waals surface area contributed by atoms with Crippen LogP contribution >= 0.6 is 0 Å². The second-order valence-corrected chi connectivity index (χ2v) is 8.93. The van der Waals surface area contributed by atoms with Crippen LogP contribution in [0.3, 0.4) is 0 Å². The van der Waals surface area contributed by atoms with Crippen molar-refractivity contribution in [2.75, 3.05) is 56.7 Å². The van der Waals surface area contributed by atoms with Crippen molar-refractivity contribution >= 4 is 22.9 Å². The Bertz CT molecular complexity index is 1190. The van der Waals surface area contributed by atoms with Crippen LogP contribution in [0, 0.1) is 0 Å². The first-order chi connectivity index (χ1) is 15.6. The molecule has 6 rings (SSSR count). The van der Waals surface area contributed by atoms with Gasteiger partial charge in [-0.1, -0.05) is 0 Å². The number of carbonyl (C=O) groups is 1. The second-order valence-electron chi connectivity index (χ2n) is 8.93. The van der Waals surface area contributed by atoms with Gasteiger partial charge in [0, 0.05) is 63.0 Å². The molecule has 3 aliphatic rings. The number of ether oxygens (including phenoxy) is 2. The van der Waals surface area contributed by atoms with E-state index in [9.17, 15) is 4.79 Å². The number of hydrogen-bond donors (Lipinski definition) is 1. The van der Waals surface area contributed by atoms with Gasteiger partial charge >= 0.3 is 0 Å². The molecule has 166 valence electrons. The normalized spacial score (nSPS) is 23.0. The number of rotatable bonds is 3. The topological polar surface area (TPSA) is 84.2 Å². The fourth-order valence-corrected chi connectivity index (χ4v) is 5.08. The SMILES string of the molecule is CN1CC[C@@]2(Cc3cc(NC(=O)c4cnn5cccnc45)c(N4CCOCC4)cc3O2)C1. The third-order valence-corrected chi connectivity index (χ3v) is 6.65. The van der Waals surface area contributed by atoms with Crippen LogP contribution in [0.15, 0.2) is 36.8 Å². The summed E-state index contributed by atoms with van der Waals surface area (Å²) < 4.78 is 13.7. The molecule has 1 atom stereocenters. The van der Waals surface area contributed by atoms with E-state index < -0.39 is 0 Å². The molecule has 1 aromatic carbocycles. The third kappa shape index (κ3) is 3.28. The summed E-state index contributed by atoms with van der Waals surface area (Å²) in [6, 6.07) is 5.97. The molecule has 9 heteroatoms. The Morgan fingerprint density at radius 1 is 1.22 bits per heavy atom. The average Bonchev–Trinajstić information content (AvgIpc) is 3.49. The Morgan fingerprint density at radius 3 is 2.91 bits per heavy atom. The summed E-state index contributed by atoms with van der Waals surface area (Å²) in [4.78, 5) is 22.1. The lowest BCUT2D eigenvalue weighted by Gasteiger charge is -2.31. The maximum Gasteiger partial charge on any atom is 0.261 e. The number of hydrogen-bond acceptors (Lipinski definition) is 7. The summed E-state index contributed by atoms with van der Waals surface area (Å²) in [6.45, 7) is 4.83. The first kappa shape index (κ1) is 19.5. The number of anilines is 2. The summed E-state index contributed by atoms with van der Waals surface area (Å²) in [6.07, 6.45) is 6.88. The molecule has 0 saturated carbocycles. The predicted molar refractivity (Wildman–Crippen MR) is 120 cm³/mol. The standard InChI is InChI=1S/C23H26N6O3/c1-27-6-3-23(15-27)13-16-11-18(19(12-20(16)32-23)28-7-9-31-10-8-28)26-22(30)17-14-25-29-5-2-4-24-21(17)29/h2,4-5,11-12,14H,3,6-10,13,15H2,1H3,(H,26,30)/t23-/m1/s1. The lowest BCUT2D eigenvalue weighted by atomic mass is 9.96. The number of amides is 1. The average molecular weight is 435 g/mol. The molecule has 32 heavy (non-hydrogen) atoms. The van der Waals surface area contributed by atoms with E-state index in [1.807, 2.05) is 0 Å². The molecular weight excluding hydrogens is 408 g/mol. The first-order valence-electron chi connectivity index (χ1n) is 11.1. The van der Waals surface area contributed by atoms with E-state index in [4.69, 9.17) is 9.47 Å². The van der Waals surface area contributed by atoms with Gasteiger partial charge in [-0.3, -0.25) is 4.79 Å². The molecule has 1 spiro atoms. The number of benzene rings is 1. The van der Waals surface area contributed by atoms with Crippen LogP contribution in [0.25, 0.3) is 5.65 Å². The molecule has 1 N–H and O–H groups in total. The number of fused-ring (bicyclic) bond motifs is 2. The number of likely N-dealkylation sites (N-methyl/N-ethyl adjacent to an activating group) is 1. The molecular formula is C23H26N6O3. The molecule has 0 unspecified atom stereocenters. The Balaban J connectivity index is 1.35. The Hall–Kier alpha value is -3.17. The minimum Gasteiger partial charge on any atom is -0.485 e. The molecule has 9 nitrogen and oxygen atoms in total. The van der Waals surface area contributed by atoms with E-state index >= 15 is 0 Å². The number of aromatic nitrogens is 3. The van der Waals surface area contributed by atoms with Crippen molar-refractivity contribution in [2.45, 2.75) is 18.4 Å². The van der Waals surface area contributed by atoms with E-state index in [-0.39, 0.29) is 11.5 Å². The lowest BCUT2D eigenvalue weighted by Crippen LogP contribution is -2.37. The predicted octanol–water partition coefficient (Wildman–Crippen LogP) is 1.83. The number of nitrogens with one attached hydrogen (secondary N) is 1. The largest absolute Gasteiger partial charge is 0.485 e. The molecule has 0 radical (unpaired) electrons. The highest BCUT2D eigenvalue weighted by Gasteiger charge is 2.44. The van der Waals surface area contributed by atoms with Crippen molar-refractivity contribution in [1.29, 1.82) is 0 Å². The minimum absolute atomic E-state index is 0.158. The quantitative estimate of drug-likeness (QED) is 0.673. The van der Waals surface area contributed by atoms with Gasteiger partial charge in [0.05, 0.1) is 30.8 Å². The zero-order valence-corrected chi connectivity index (χ0v) is 18.1. The minimum atomic E-state index is -0.220. The molecule has 2 saturated heterocycles. The first-order valence-corrected chi connectivity index (χ1v) is 11.1. The van der Waals surface area contributed by atoms with Crippen LogP contribution in [-0.4, -0.2) is 77.4 Å². The van der Waals surface area contributed by atoms with Crippen molar-refractivity contribution in [3.05, 3.63) is 47.9 Å². The van der Waals surface area contributed by atoms with Crippen LogP contribution in [-0.2, 0) is 11.2 Å². The van der Waals surface area contributed by atoms with Gasteiger partial charge in [-0.25, -0.2) is 9.50 Å². The van der Waals surface area contributed by atoms with Gasteiger partial charge in [-0.05, 0) is 19.2 Å². The van der Waals surface area contributed by atoms with E-state index in [0.29, 0.717) is 24.4 Å². The Morgan fingerprint density at radius 2 is 2.09 bits per heavy atom. The molecule has 0 bridgehead atoms. The molecule has 3 aromatic rings. The summed E-state index contributed by atoms with van der Waals surface area (Å²) in [5.74, 6) is 0.708. The number of carbonyl (C=O) groups excluding carboxylic acids is 1. The highest BCUT2D eigenvalue weighted by atomic mass is 16.5. The van der Waals surface area contributed by atoms with Gasteiger partial charge in [0.25, 0.3) is 5.91 Å². The van der Waals surface area contributed by atoms with Crippen molar-refractivity contribution in [1.82, 2.24) is 19.5 Å². The molecule has 5 heterocycles. The maximum atomic E-state index is 13.2. The van der Waals surface area contributed by atoms with Gasteiger partial charge < -0.3 is 24.6 Å². The second kappa shape index (κ2) is 7.46. The highest BCUT2D eigenvalue weighted by molar-refractivity contribution is 6.09. The van der Waals surface area contributed by atoms with Crippen LogP contribution in [0.2, 0.25) is 0 Å². The van der Waals surface area contributed by atoms with Crippen molar-refractivity contribution in [3.8, 4) is 5.75 Å².